The van der Waals surface area contributed by atoms with Crippen molar-refractivity contribution in [2.45, 2.75) is 18.7 Å². The molecule has 1 fully saturated rings. The second kappa shape index (κ2) is 7.77. The number of aryl methyl sites for hydroxylation is 1. The van der Waals surface area contributed by atoms with Gasteiger partial charge < -0.3 is 9.64 Å². The quantitative estimate of drug-likeness (QED) is 0.782. The maximum atomic E-state index is 12.8. The molecule has 1 aromatic heterocycles. The summed E-state index contributed by atoms with van der Waals surface area (Å²) in [5.41, 5.74) is 0. The molecule has 0 saturated carbocycles. The number of carbonyl (C=O) groups is 1. The van der Waals surface area contributed by atoms with Crippen LogP contribution in [0.25, 0.3) is 0 Å². The fourth-order valence-electron chi connectivity index (χ4n) is 2.86. The SMILES string of the molecule is CCOc1ccc(S(=O)(=O)N2CCN(C(=O)c3ccc(C)s3)CC2)cc1. The first kappa shape index (κ1) is 18.9. The lowest BCUT2D eigenvalue weighted by atomic mass is 10.3. The van der Waals surface area contributed by atoms with Crippen LogP contribution in [-0.4, -0.2) is 56.3 Å². The summed E-state index contributed by atoms with van der Waals surface area (Å²) in [6, 6.07) is 10.2. The summed E-state index contributed by atoms with van der Waals surface area (Å²) in [6.07, 6.45) is 0. The van der Waals surface area contributed by atoms with Crippen LogP contribution in [0.15, 0.2) is 41.3 Å². The van der Waals surface area contributed by atoms with E-state index in [9.17, 15) is 13.2 Å². The average molecular weight is 395 g/mol. The van der Waals surface area contributed by atoms with E-state index in [-0.39, 0.29) is 10.8 Å². The molecule has 2 aromatic rings. The summed E-state index contributed by atoms with van der Waals surface area (Å²) >= 11 is 1.46. The van der Waals surface area contributed by atoms with Gasteiger partial charge in [0.25, 0.3) is 5.91 Å². The largest absolute Gasteiger partial charge is 0.494 e. The van der Waals surface area contributed by atoms with Crippen LogP contribution in [0, 0.1) is 6.92 Å². The monoisotopic (exact) mass is 394 g/mol. The van der Waals surface area contributed by atoms with Gasteiger partial charge in [0.05, 0.1) is 16.4 Å². The molecule has 0 unspecified atom stereocenters. The van der Waals surface area contributed by atoms with Gasteiger partial charge in [0.1, 0.15) is 5.75 Å². The summed E-state index contributed by atoms with van der Waals surface area (Å²) in [7, 11) is -3.56. The molecular formula is C18H22N2O4S2. The Morgan fingerprint density at radius 2 is 1.73 bits per heavy atom. The predicted molar refractivity (Wildman–Crippen MR) is 101 cm³/mol. The first-order valence-corrected chi connectivity index (χ1v) is 10.8. The molecule has 1 aromatic carbocycles. The van der Waals surface area contributed by atoms with Crippen molar-refractivity contribution in [3.63, 3.8) is 0 Å². The number of ether oxygens (including phenoxy) is 1. The van der Waals surface area contributed by atoms with Gasteiger partial charge in [0.15, 0.2) is 0 Å². The molecule has 0 radical (unpaired) electrons. The molecule has 1 saturated heterocycles. The van der Waals surface area contributed by atoms with Gasteiger partial charge in [-0.3, -0.25) is 4.79 Å². The molecule has 1 amide bonds. The van der Waals surface area contributed by atoms with Crippen LogP contribution in [0.2, 0.25) is 0 Å². The summed E-state index contributed by atoms with van der Waals surface area (Å²) in [4.78, 5) is 16.2. The number of nitrogens with zero attached hydrogens (tertiary/aromatic N) is 2. The minimum Gasteiger partial charge on any atom is -0.494 e. The van der Waals surface area contributed by atoms with Crippen molar-refractivity contribution in [2.75, 3.05) is 32.8 Å². The highest BCUT2D eigenvalue weighted by atomic mass is 32.2. The molecule has 0 aliphatic carbocycles. The predicted octanol–water partition coefficient (Wildman–Crippen LogP) is 2.60. The van der Waals surface area contributed by atoms with Gasteiger partial charge in [-0.15, -0.1) is 11.3 Å². The fourth-order valence-corrected chi connectivity index (χ4v) is 5.12. The van der Waals surface area contributed by atoms with Gasteiger partial charge in [0.2, 0.25) is 10.0 Å². The van der Waals surface area contributed by atoms with Crippen LogP contribution >= 0.6 is 11.3 Å². The van der Waals surface area contributed by atoms with Crippen molar-refractivity contribution in [1.82, 2.24) is 9.21 Å². The minimum absolute atomic E-state index is 0.0267. The summed E-state index contributed by atoms with van der Waals surface area (Å²) in [6.45, 7) is 5.76. The van der Waals surface area contributed by atoms with Crippen molar-refractivity contribution < 1.29 is 17.9 Å². The van der Waals surface area contributed by atoms with Gasteiger partial charge in [-0.05, 0) is 50.2 Å². The van der Waals surface area contributed by atoms with Crippen LogP contribution in [0.3, 0.4) is 0 Å². The standard InChI is InChI=1S/C18H22N2O4S2/c1-3-24-15-5-7-16(8-6-15)26(22,23)20-12-10-19(11-13-20)18(21)17-9-4-14(2)25-17/h4-9H,3,10-13H2,1-2H3. The van der Waals surface area contributed by atoms with Crippen LogP contribution in [0.4, 0.5) is 0 Å². The Morgan fingerprint density at radius 3 is 2.27 bits per heavy atom. The first-order chi connectivity index (χ1) is 12.4. The second-order valence-corrected chi connectivity index (χ2v) is 9.24. The van der Waals surface area contributed by atoms with Gasteiger partial charge in [-0.25, -0.2) is 8.42 Å². The lowest BCUT2D eigenvalue weighted by Gasteiger charge is -2.33. The smallest absolute Gasteiger partial charge is 0.264 e. The Labute approximate surface area is 158 Å². The maximum absolute atomic E-state index is 12.8. The molecular weight excluding hydrogens is 372 g/mol. The fraction of sp³-hybridized carbons (Fsp3) is 0.389. The lowest BCUT2D eigenvalue weighted by molar-refractivity contribution is 0.0703. The number of piperazine rings is 1. The van der Waals surface area contributed by atoms with Crippen LogP contribution in [0.1, 0.15) is 21.5 Å². The Hall–Kier alpha value is -1.90. The van der Waals surface area contributed by atoms with E-state index in [1.807, 2.05) is 26.0 Å². The van der Waals surface area contributed by atoms with Crippen molar-refractivity contribution in [1.29, 1.82) is 0 Å². The minimum atomic E-state index is -3.56. The molecule has 0 atom stereocenters. The number of carbonyl (C=O) groups excluding carboxylic acids is 1. The molecule has 1 aliphatic rings. The van der Waals surface area contributed by atoms with E-state index < -0.39 is 10.0 Å². The first-order valence-electron chi connectivity index (χ1n) is 8.50. The van der Waals surface area contributed by atoms with Gasteiger partial charge >= 0.3 is 0 Å². The van der Waals surface area contributed by atoms with Crippen molar-refractivity contribution in [3.05, 3.63) is 46.2 Å². The third-order valence-corrected chi connectivity index (χ3v) is 7.15. The lowest BCUT2D eigenvalue weighted by Crippen LogP contribution is -2.50. The highest BCUT2D eigenvalue weighted by Crippen LogP contribution is 2.22. The average Bonchev–Trinajstić information content (AvgIpc) is 3.08. The molecule has 0 spiro atoms. The molecule has 3 rings (SSSR count). The Balaban J connectivity index is 1.65. The van der Waals surface area contributed by atoms with E-state index in [1.165, 1.54) is 15.6 Å². The summed E-state index contributed by atoms with van der Waals surface area (Å²) in [5.74, 6) is 0.620. The molecule has 2 heterocycles. The zero-order valence-corrected chi connectivity index (χ0v) is 16.5. The zero-order valence-electron chi connectivity index (χ0n) is 14.8. The number of rotatable bonds is 5. The van der Waals surface area contributed by atoms with Crippen LogP contribution < -0.4 is 4.74 Å². The zero-order chi connectivity index (χ0) is 18.7. The second-order valence-electron chi connectivity index (χ2n) is 6.01. The molecule has 0 bridgehead atoms. The van der Waals surface area contributed by atoms with E-state index >= 15 is 0 Å². The number of thiophene rings is 1. The molecule has 6 nitrogen and oxygen atoms in total. The number of hydrogen-bond donors (Lipinski definition) is 0. The Morgan fingerprint density at radius 1 is 1.08 bits per heavy atom. The highest BCUT2D eigenvalue weighted by Gasteiger charge is 2.30. The molecule has 26 heavy (non-hydrogen) atoms. The van der Waals surface area contributed by atoms with Gasteiger partial charge in [0, 0.05) is 31.1 Å². The normalized spacial score (nSPS) is 15.8. The molecule has 1 aliphatic heterocycles. The van der Waals surface area contributed by atoms with E-state index in [4.69, 9.17) is 4.74 Å². The Bertz CT molecular complexity index is 867. The third-order valence-electron chi connectivity index (χ3n) is 4.25. The number of amides is 1. The molecule has 0 N–H and O–H groups in total. The third kappa shape index (κ3) is 3.92. The van der Waals surface area contributed by atoms with Crippen molar-refractivity contribution in [3.8, 4) is 5.75 Å². The maximum Gasteiger partial charge on any atom is 0.264 e. The number of benzene rings is 1. The molecule has 140 valence electrons. The van der Waals surface area contributed by atoms with E-state index in [1.54, 1.807) is 29.2 Å². The van der Waals surface area contributed by atoms with Crippen molar-refractivity contribution >= 4 is 27.3 Å². The van der Waals surface area contributed by atoms with Gasteiger partial charge in [-0.2, -0.15) is 4.31 Å². The summed E-state index contributed by atoms with van der Waals surface area (Å²) < 4.78 is 32.4. The van der Waals surface area contributed by atoms with Crippen LogP contribution in [0.5, 0.6) is 5.75 Å². The van der Waals surface area contributed by atoms with Crippen LogP contribution in [-0.2, 0) is 10.0 Å². The summed E-state index contributed by atoms with van der Waals surface area (Å²) in [5, 5.41) is 0. The Kier molecular flexibility index (Phi) is 5.64. The van der Waals surface area contributed by atoms with E-state index in [2.05, 4.69) is 0 Å². The number of hydrogen-bond acceptors (Lipinski definition) is 5. The van der Waals surface area contributed by atoms with E-state index in [0.29, 0.717) is 43.4 Å². The topological polar surface area (TPSA) is 66.9 Å². The highest BCUT2D eigenvalue weighted by molar-refractivity contribution is 7.89. The van der Waals surface area contributed by atoms with Crippen molar-refractivity contribution in [2.24, 2.45) is 0 Å². The number of sulfonamides is 1. The molecule has 8 heteroatoms. The van der Waals surface area contributed by atoms with Gasteiger partial charge in [-0.1, -0.05) is 0 Å². The van der Waals surface area contributed by atoms with E-state index in [0.717, 1.165) is 4.88 Å².